The zero-order valence-corrected chi connectivity index (χ0v) is 14.4. The minimum absolute atomic E-state index is 0.146. The van der Waals surface area contributed by atoms with E-state index in [1.807, 2.05) is 32.2 Å². The number of unbranched alkanes of at least 4 members (excludes halogenated alkanes) is 1. The first-order valence-corrected chi connectivity index (χ1v) is 8.76. The van der Waals surface area contributed by atoms with E-state index in [4.69, 9.17) is 0 Å². The van der Waals surface area contributed by atoms with E-state index in [1.54, 1.807) is 26.9 Å². The van der Waals surface area contributed by atoms with Crippen LogP contribution in [0.2, 0.25) is 0 Å². The molecule has 23 heavy (non-hydrogen) atoms. The highest BCUT2D eigenvalue weighted by molar-refractivity contribution is 7.99. The van der Waals surface area contributed by atoms with Crippen molar-refractivity contribution in [2.75, 3.05) is 5.75 Å². The van der Waals surface area contributed by atoms with E-state index in [1.165, 1.54) is 0 Å². The molecule has 120 valence electrons. The molecule has 0 aliphatic heterocycles. The Labute approximate surface area is 139 Å². The molecule has 0 spiro atoms. The molecular weight excluding hydrogens is 308 g/mol. The van der Waals surface area contributed by atoms with Gasteiger partial charge in [0.2, 0.25) is 5.65 Å². The van der Waals surface area contributed by atoms with E-state index in [-0.39, 0.29) is 5.56 Å². The van der Waals surface area contributed by atoms with E-state index < -0.39 is 0 Å². The van der Waals surface area contributed by atoms with Crippen LogP contribution in [0.1, 0.15) is 30.9 Å². The second-order valence-corrected chi connectivity index (χ2v) is 6.76. The summed E-state index contributed by atoms with van der Waals surface area (Å²) < 4.78 is 3.41. The van der Waals surface area contributed by atoms with Crippen LogP contribution < -0.4 is 5.56 Å². The van der Waals surface area contributed by atoms with Crippen molar-refractivity contribution < 1.29 is 0 Å². The third-order valence-electron chi connectivity index (χ3n) is 3.65. The molecule has 0 bridgehead atoms. The molecule has 0 N–H and O–H groups in total. The van der Waals surface area contributed by atoms with Crippen molar-refractivity contribution in [1.82, 2.24) is 19.2 Å². The lowest BCUT2D eigenvalue weighted by Crippen LogP contribution is -2.20. The standard InChI is InChI=1S/C17H20N4OS/c1-4-5-8-23-17-19-18-15-16(22)20(6-7-21(15)17)14-10-12(2)9-13(3)11-14/h6-7,9-11H,4-5,8H2,1-3H3. The first-order chi connectivity index (χ1) is 11.1. The van der Waals surface area contributed by atoms with Crippen molar-refractivity contribution in [1.29, 1.82) is 0 Å². The molecule has 2 heterocycles. The summed E-state index contributed by atoms with van der Waals surface area (Å²) in [5.74, 6) is 0.984. The summed E-state index contributed by atoms with van der Waals surface area (Å²) in [6.07, 6.45) is 5.92. The predicted octanol–water partition coefficient (Wildman–Crippen LogP) is 3.39. The Morgan fingerprint density at radius 3 is 2.52 bits per heavy atom. The minimum Gasteiger partial charge on any atom is -0.280 e. The molecule has 0 radical (unpaired) electrons. The van der Waals surface area contributed by atoms with E-state index in [0.29, 0.717) is 5.65 Å². The van der Waals surface area contributed by atoms with Gasteiger partial charge in [0.15, 0.2) is 5.16 Å². The van der Waals surface area contributed by atoms with Crippen molar-refractivity contribution in [3.63, 3.8) is 0 Å². The maximum absolute atomic E-state index is 12.7. The zero-order chi connectivity index (χ0) is 16.4. The normalized spacial score (nSPS) is 11.3. The Bertz CT molecular complexity index is 877. The number of hydrogen-bond acceptors (Lipinski definition) is 4. The van der Waals surface area contributed by atoms with Crippen LogP contribution in [-0.2, 0) is 0 Å². The molecule has 0 fully saturated rings. The topological polar surface area (TPSA) is 52.2 Å². The Morgan fingerprint density at radius 2 is 1.83 bits per heavy atom. The van der Waals surface area contributed by atoms with Crippen LogP contribution in [0.5, 0.6) is 0 Å². The van der Waals surface area contributed by atoms with Gasteiger partial charge in [0, 0.05) is 23.8 Å². The molecule has 0 aliphatic carbocycles. The molecule has 0 atom stereocenters. The van der Waals surface area contributed by atoms with Gasteiger partial charge < -0.3 is 0 Å². The van der Waals surface area contributed by atoms with E-state index in [9.17, 15) is 4.79 Å². The highest BCUT2D eigenvalue weighted by Crippen LogP contribution is 2.18. The van der Waals surface area contributed by atoms with Gasteiger partial charge in [-0.15, -0.1) is 10.2 Å². The Kier molecular flexibility index (Phi) is 4.52. The molecule has 6 heteroatoms. The quantitative estimate of drug-likeness (QED) is 0.532. The summed E-state index contributed by atoms with van der Waals surface area (Å²) in [5, 5.41) is 9.02. The van der Waals surface area contributed by atoms with Gasteiger partial charge in [-0.2, -0.15) is 0 Å². The molecule has 5 nitrogen and oxygen atoms in total. The van der Waals surface area contributed by atoms with Crippen molar-refractivity contribution >= 4 is 17.4 Å². The predicted molar refractivity (Wildman–Crippen MR) is 93.7 cm³/mol. The number of benzene rings is 1. The van der Waals surface area contributed by atoms with E-state index >= 15 is 0 Å². The maximum Gasteiger partial charge on any atom is 0.300 e. The van der Waals surface area contributed by atoms with Crippen LogP contribution in [0.3, 0.4) is 0 Å². The first-order valence-electron chi connectivity index (χ1n) is 7.78. The Morgan fingerprint density at radius 1 is 1.09 bits per heavy atom. The monoisotopic (exact) mass is 328 g/mol. The van der Waals surface area contributed by atoms with Crippen molar-refractivity contribution in [3.05, 3.63) is 52.1 Å². The summed E-state index contributed by atoms with van der Waals surface area (Å²) in [4.78, 5) is 12.7. The molecule has 3 aromatic rings. The third kappa shape index (κ3) is 3.17. The fourth-order valence-electron chi connectivity index (χ4n) is 2.57. The lowest BCUT2D eigenvalue weighted by molar-refractivity contribution is 0.872. The van der Waals surface area contributed by atoms with Gasteiger partial charge >= 0.3 is 5.56 Å². The molecule has 0 saturated heterocycles. The number of thioether (sulfide) groups is 1. The average Bonchev–Trinajstić information content (AvgIpc) is 2.91. The molecule has 1 aromatic carbocycles. The summed E-state index contributed by atoms with van der Waals surface area (Å²) >= 11 is 1.64. The molecule has 0 saturated carbocycles. The van der Waals surface area contributed by atoms with Crippen LogP contribution in [0.15, 0.2) is 40.5 Å². The fraction of sp³-hybridized carbons (Fsp3) is 0.353. The van der Waals surface area contributed by atoms with Gasteiger partial charge in [-0.05, 0) is 43.5 Å². The van der Waals surface area contributed by atoms with Crippen LogP contribution in [-0.4, -0.2) is 24.9 Å². The van der Waals surface area contributed by atoms with E-state index in [2.05, 4.69) is 23.2 Å². The molecule has 3 rings (SSSR count). The Hall–Kier alpha value is -2.08. The van der Waals surface area contributed by atoms with Crippen molar-refractivity contribution in [3.8, 4) is 5.69 Å². The van der Waals surface area contributed by atoms with Crippen LogP contribution in [0.25, 0.3) is 11.3 Å². The molecule has 0 aliphatic rings. The number of rotatable bonds is 5. The number of aryl methyl sites for hydroxylation is 2. The molecule has 0 unspecified atom stereocenters. The smallest absolute Gasteiger partial charge is 0.280 e. The van der Waals surface area contributed by atoms with Crippen LogP contribution >= 0.6 is 11.8 Å². The van der Waals surface area contributed by atoms with E-state index in [0.717, 1.165) is 40.6 Å². The van der Waals surface area contributed by atoms with Crippen LogP contribution in [0.4, 0.5) is 0 Å². The summed E-state index contributed by atoms with van der Waals surface area (Å²) in [5.41, 5.74) is 3.34. The fourth-order valence-corrected chi connectivity index (χ4v) is 3.57. The van der Waals surface area contributed by atoms with Crippen LogP contribution in [0, 0.1) is 13.8 Å². The second kappa shape index (κ2) is 6.58. The summed E-state index contributed by atoms with van der Waals surface area (Å²) in [7, 11) is 0. The first kappa shape index (κ1) is 15.8. The Balaban J connectivity index is 2.04. The lowest BCUT2D eigenvalue weighted by Gasteiger charge is -2.08. The van der Waals surface area contributed by atoms with Gasteiger partial charge in [0.05, 0.1) is 0 Å². The average molecular weight is 328 g/mol. The van der Waals surface area contributed by atoms with Crippen molar-refractivity contribution in [2.45, 2.75) is 38.8 Å². The van der Waals surface area contributed by atoms with Gasteiger partial charge in [0.1, 0.15) is 0 Å². The summed E-state index contributed by atoms with van der Waals surface area (Å²) in [6.45, 7) is 6.21. The SMILES string of the molecule is CCCCSc1nnc2c(=O)n(-c3cc(C)cc(C)c3)ccn12. The maximum atomic E-state index is 12.7. The van der Waals surface area contributed by atoms with Gasteiger partial charge in [-0.3, -0.25) is 13.8 Å². The highest BCUT2D eigenvalue weighted by atomic mass is 32.2. The van der Waals surface area contributed by atoms with Crippen molar-refractivity contribution in [2.24, 2.45) is 0 Å². The summed E-state index contributed by atoms with van der Waals surface area (Å²) in [6, 6.07) is 6.09. The third-order valence-corrected chi connectivity index (χ3v) is 4.68. The molecular formula is C17H20N4OS. The largest absolute Gasteiger partial charge is 0.300 e. The number of aromatic nitrogens is 4. The molecule has 2 aromatic heterocycles. The second-order valence-electron chi connectivity index (χ2n) is 5.70. The van der Waals surface area contributed by atoms with Gasteiger partial charge in [-0.25, -0.2) is 0 Å². The van der Waals surface area contributed by atoms with Gasteiger partial charge in [0.25, 0.3) is 0 Å². The highest BCUT2D eigenvalue weighted by Gasteiger charge is 2.12. The lowest BCUT2D eigenvalue weighted by atomic mass is 10.1. The minimum atomic E-state index is -0.146. The zero-order valence-electron chi connectivity index (χ0n) is 13.6. The number of hydrogen-bond donors (Lipinski definition) is 0. The van der Waals surface area contributed by atoms with Gasteiger partial charge in [-0.1, -0.05) is 31.2 Å². The molecule has 0 amide bonds. The number of fused-ring (bicyclic) bond motifs is 1. The number of nitrogens with zero attached hydrogens (tertiary/aromatic N) is 4.